The maximum atomic E-state index is 13.3. The van der Waals surface area contributed by atoms with Crippen molar-refractivity contribution in [3.05, 3.63) is 29.6 Å². The molecule has 1 aromatic rings. The van der Waals surface area contributed by atoms with Gasteiger partial charge in [0.1, 0.15) is 5.82 Å². The number of benzene rings is 1. The van der Waals surface area contributed by atoms with E-state index in [9.17, 15) is 17.6 Å². The molecular formula is C11H13F4NS. The zero-order valence-electron chi connectivity index (χ0n) is 9.40. The summed E-state index contributed by atoms with van der Waals surface area (Å²) in [6.07, 6.45) is -4.47. The monoisotopic (exact) mass is 267 g/mol. The van der Waals surface area contributed by atoms with Gasteiger partial charge in [-0.25, -0.2) is 4.39 Å². The van der Waals surface area contributed by atoms with Gasteiger partial charge in [0.15, 0.2) is 0 Å². The third-order valence-corrected chi connectivity index (χ3v) is 2.16. The molecular weight excluding hydrogens is 254 g/mol. The van der Waals surface area contributed by atoms with Crippen molar-refractivity contribution in [3.63, 3.8) is 0 Å². The van der Waals surface area contributed by atoms with E-state index in [1.54, 1.807) is 13.8 Å². The molecule has 0 radical (unpaired) electrons. The number of rotatable bonds is 3. The minimum absolute atomic E-state index is 0.165. The molecule has 0 heterocycles. The maximum Gasteiger partial charge on any atom is 0.416 e. The van der Waals surface area contributed by atoms with Crippen LogP contribution in [-0.4, -0.2) is 11.3 Å². The highest BCUT2D eigenvalue weighted by molar-refractivity contribution is 7.81. The average molecular weight is 267 g/mol. The van der Waals surface area contributed by atoms with Crippen molar-refractivity contribution in [2.45, 2.75) is 24.8 Å². The molecule has 17 heavy (non-hydrogen) atoms. The van der Waals surface area contributed by atoms with Crippen LogP contribution < -0.4 is 5.32 Å². The Morgan fingerprint density at radius 3 is 2.29 bits per heavy atom. The first-order chi connectivity index (χ1) is 7.59. The average Bonchev–Trinajstić information content (AvgIpc) is 2.13. The normalized spacial score (nSPS) is 12.6. The first-order valence-electron chi connectivity index (χ1n) is 4.92. The topological polar surface area (TPSA) is 12.0 Å². The Labute approximate surface area is 103 Å². The highest BCUT2D eigenvalue weighted by Crippen LogP contribution is 2.32. The highest BCUT2D eigenvalue weighted by atomic mass is 32.1. The largest absolute Gasteiger partial charge is 0.416 e. The molecule has 0 aliphatic heterocycles. The fourth-order valence-electron chi connectivity index (χ4n) is 1.15. The lowest BCUT2D eigenvalue weighted by Crippen LogP contribution is -2.24. The van der Waals surface area contributed by atoms with Crippen LogP contribution in [0, 0.1) is 5.82 Å². The third kappa shape index (κ3) is 4.46. The van der Waals surface area contributed by atoms with Gasteiger partial charge in [-0.15, -0.1) is 0 Å². The van der Waals surface area contributed by atoms with Crippen molar-refractivity contribution in [3.8, 4) is 0 Å². The summed E-state index contributed by atoms with van der Waals surface area (Å²) in [4.78, 5) is 0. The number of hydrogen-bond acceptors (Lipinski definition) is 2. The van der Waals surface area contributed by atoms with Gasteiger partial charge in [0, 0.05) is 11.3 Å². The lowest BCUT2D eigenvalue weighted by Gasteiger charge is -2.19. The van der Waals surface area contributed by atoms with Crippen molar-refractivity contribution >= 4 is 18.3 Å². The van der Waals surface area contributed by atoms with Crippen molar-refractivity contribution < 1.29 is 17.6 Å². The Bertz CT molecular complexity index is 395. The Morgan fingerprint density at radius 2 is 1.82 bits per heavy atom. The zero-order valence-corrected chi connectivity index (χ0v) is 10.3. The quantitative estimate of drug-likeness (QED) is 0.624. The van der Waals surface area contributed by atoms with Gasteiger partial charge in [-0.05, 0) is 32.0 Å². The van der Waals surface area contributed by atoms with Crippen LogP contribution in [0.25, 0.3) is 0 Å². The number of thiol groups is 1. The Balaban J connectivity index is 2.92. The molecule has 0 unspecified atom stereocenters. The van der Waals surface area contributed by atoms with Crippen LogP contribution in [-0.2, 0) is 6.18 Å². The van der Waals surface area contributed by atoms with E-state index in [0.29, 0.717) is 6.07 Å². The van der Waals surface area contributed by atoms with Crippen LogP contribution in [0.5, 0.6) is 0 Å². The number of halogens is 4. The molecule has 1 aromatic carbocycles. The standard InChI is InChI=1S/C11H13F4NS/c1-10(2,17)6-16-9-5-7(11(13,14)15)3-4-8(9)12/h3-5,16-17H,6H2,1-2H3. The number of alkyl halides is 3. The van der Waals surface area contributed by atoms with Crippen LogP contribution in [0.2, 0.25) is 0 Å². The van der Waals surface area contributed by atoms with Crippen molar-refractivity contribution in [2.24, 2.45) is 0 Å². The molecule has 0 atom stereocenters. The molecule has 0 saturated heterocycles. The molecule has 0 spiro atoms. The molecule has 0 aliphatic rings. The van der Waals surface area contributed by atoms with E-state index in [1.165, 1.54) is 0 Å². The van der Waals surface area contributed by atoms with Crippen molar-refractivity contribution in [1.82, 2.24) is 0 Å². The lowest BCUT2D eigenvalue weighted by atomic mass is 10.1. The second kappa shape index (κ2) is 4.76. The SMILES string of the molecule is CC(C)(S)CNc1cc(C(F)(F)F)ccc1F. The van der Waals surface area contributed by atoms with Crippen LogP contribution in [0.3, 0.4) is 0 Å². The van der Waals surface area contributed by atoms with Gasteiger partial charge in [0.25, 0.3) is 0 Å². The van der Waals surface area contributed by atoms with E-state index in [2.05, 4.69) is 17.9 Å². The molecule has 0 saturated carbocycles. The molecule has 96 valence electrons. The van der Waals surface area contributed by atoms with E-state index in [4.69, 9.17) is 0 Å². The highest BCUT2D eigenvalue weighted by Gasteiger charge is 2.31. The van der Waals surface area contributed by atoms with E-state index < -0.39 is 22.3 Å². The Morgan fingerprint density at radius 1 is 1.24 bits per heavy atom. The summed E-state index contributed by atoms with van der Waals surface area (Å²) in [5, 5.41) is 2.61. The van der Waals surface area contributed by atoms with Gasteiger partial charge >= 0.3 is 6.18 Å². The second-order valence-corrected chi connectivity index (χ2v) is 5.57. The fourth-order valence-corrected chi connectivity index (χ4v) is 1.23. The molecule has 0 bridgehead atoms. The third-order valence-electron chi connectivity index (χ3n) is 2.01. The van der Waals surface area contributed by atoms with Crippen molar-refractivity contribution in [1.29, 1.82) is 0 Å². The summed E-state index contributed by atoms with van der Waals surface area (Å²) < 4.78 is 50.1. The maximum absolute atomic E-state index is 13.3. The molecule has 1 rings (SSSR count). The van der Waals surface area contributed by atoms with Gasteiger partial charge in [-0.1, -0.05) is 0 Å². The summed E-state index contributed by atoms with van der Waals surface area (Å²) in [7, 11) is 0. The Kier molecular flexibility index (Phi) is 3.96. The van der Waals surface area contributed by atoms with Crippen LogP contribution in [0.4, 0.5) is 23.2 Å². The lowest BCUT2D eigenvalue weighted by molar-refractivity contribution is -0.137. The number of anilines is 1. The minimum Gasteiger partial charge on any atom is -0.381 e. The molecule has 1 N–H and O–H groups in total. The second-order valence-electron chi connectivity index (χ2n) is 4.36. The zero-order chi connectivity index (χ0) is 13.3. The van der Waals surface area contributed by atoms with Gasteiger partial charge in [-0.2, -0.15) is 25.8 Å². The molecule has 0 amide bonds. The summed E-state index contributed by atoms with van der Waals surface area (Å²) >= 11 is 4.19. The van der Waals surface area contributed by atoms with Gasteiger partial charge in [0.2, 0.25) is 0 Å². The molecule has 0 fully saturated rings. The number of nitrogens with one attached hydrogen (secondary N) is 1. The summed E-state index contributed by atoms with van der Waals surface area (Å²) in [5.41, 5.74) is -1.04. The fraction of sp³-hybridized carbons (Fsp3) is 0.455. The number of hydrogen-bond donors (Lipinski definition) is 2. The van der Waals surface area contributed by atoms with Gasteiger partial charge in [-0.3, -0.25) is 0 Å². The minimum atomic E-state index is -4.47. The first-order valence-corrected chi connectivity index (χ1v) is 5.37. The Hall–Kier alpha value is -0.910. The van der Waals surface area contributed by atoms with E-state index in [1.807, 2.05) is 0 Å². The van der Waals surface area contributed by atoms with Crippen LogP contribution >= 0.6 is 12.6 Å². The summed E-state index contributed by atoms with van der Waals surface area (Å²) in [6, 6.07) is 2.28. The van der Waals surface area contributed by atoms with Crippen LogP contribution in [0.1, 0.15) is 19.4 Å². The van der Waals surface area contributed by atoms with Crippen LogP contribution in [0.15, 0.2) is 18.2 Å². The molecule has 0 aliphatic carbocycles. The summed E-state index contributed by atoms with van der Waals surface area (Å²) in [5.74, 6) is -0.712. The molecule has 6 heteroatoms. The van der Waals surface area contributed by atoms with E-state index >= 15 is 0 Å². The van der Waals surface area contributed by atoms with Crippen molar-refractivity contribution in [2.75, 3.05) is 11.9 Å². The van der Waals surface area contributed by atoms with E-state index in [0.717, 1.165) is 12.1 Å². The summed E-state index contributed by atoms with van der Waals surface area (Å²) in [6.45, 7) is 3.80. The molecule has 1 nitrogen and oxygen atoms in total. The van der Waals surface area contributed by atoms with E-state index in [-0.39, 0.29) is 12.2 Å². The van der Waals surface area contributed by atoms with Gasteiger partial charge in [0.05, 0.1) is 11.3 Å². The predicted octanol–water partition coefficient (Wildman–Crippen LogP) is 3.96. The first kappa shape index (κ1) is 14.2. The van der Waals surface area contributed by atoms with Gasteiger partial charge < -0.3 is 5.32 Å². The molecule has 0 aromatic heterocycles. The smallest absolute Gasteiger partial charge is 0.381 e. The predicted molar refractivity (Wildman–Crippen MR) is 63.0 cm³/mol.